The van der Waals surface area contributed by atoms with Gasteiger partial charge in [-0.1, -0.05) is 12.5 Å². The van der Waals surface area contributed by atoms with E-state index in [2.05, 4.69) is 15.6 Å². The lowest BCUT2D eigenvalue weighted by Gasteiger charge is -2.22. The number of carbonyl (C=O) groups excluding carboxylic acids is 1. The van der Waals surface area contributed by atoms with Crippen molar-refractivity contribution >= 4 is 18.3 Å². The SMILES string of the molecule is Cl.O=C(NCc1cccnc1)C1CCCCN1. The van der Waals surface area contributed by atoms with Crippen molar-refractivity contribution in [2.24, 2.45) is 0 Å². The number of halogens is 1. The van der Waals surface area contributed by atoms with E-state index < -0.39 is 0 Å². The number of piperidine rings is 1. The van der Waals surface area contributed by atoms with Crippen LogP contribution in [0.5, 0.6) is 0 Å². The Kier molecular flexibility index (Phi) is 5.94. The first kappa shape index (κ1) is 13.9. The van der Waals surface area contributed by atoms with Crippen LogP contribution in [-0.4, -0.2) is 23.5 Å². The van der Waals surface area contributed by atoms with Crippen molar-refractivity contribution in [1.82, 2.24) is 15.6 Å². The van der Waals surface area contributed by atoms with Gasteiger partial charge in [0.05, 0.1) is 6.04 Å². The maximum Gasteiger partial charge on any atom is 0.237 e. The monoisotopic (exact) mass is 255 g/mol. The number of rotatable bonds is 3. The van der Waals surface area contributed by atoms with E-state index >= 15 is 0 Å². The van der Waals surface area contributed by atoms with E-state index in [4.69, 9.17) is 0 Å². The Morgan fingerprint density at radius 2 is 2.41 bits per heavy atom. The minimum absolute atomic E-state index is 0. The fraction of sp³-hybridized carbons (Fsp3) is 0.500. The summed E-state index contributed by atoms with van der Waals surface area (Å²) in [6.45, 7) is 1.51. The summed E-state index contributed by atoms with van der Waals surface area (Å²) in [6.07, 6.45) is 6.76. The lowest BCUT2D eigenvalue weighted by atomic mass is 10.0. The number of hydrogen-bond donors (Lipinski definition) is 2. The lowest BCUT2D eigenvalue weighted by Crippen LogP contribution is -2.46. The summed E-state index contributed by atoms with van der Waals surface area (Å²) in [5, 5.41) is 6.15. The van der Waals surface area contributed by atoms with Gasteiger partial charge in [-0.25, -0.2) is 0 Å². The van der Waals surface area contributed by atoms with Crippen LogP contribution in [-0.2, 0) is 11.3 Å². The largest absolute Gasteiger partial charge is 0.351 e. The Labute approximate surface area is 108 Å². The van der Waals surface area contributed by atoms with Gasteiger partial charge in [-0.2, -0.15) is 0 Å². The van der Waals surface area contributed by atoms with Gasteiger partial charge in [0.1, 0.15) is 0 Å². The van der Waals surface area contributed by atoms with Crippen LogP contribution in [0.4, 0.5) is 0 Å². The highest BCUT2D eigenvalue weighted by molar-refractivity contribution is 5.85. The summed E-state index contributed by atoms with van der Waals surface area (Å²) in [6, 6.07) is 3.83. The zero-order chi connectivity index (χ0) is 11.2. The first-order valence-electron chi connectivity index (χ1n) is 5.76. The summed E-state index contributed by atoms with van der Waals surface area (Å²) in [5.41, 5.74) is 1.03. The topological polar surface area (TPSA) is 54.0 Å². The molecule has 0 spiro atoms. The number of aromatic nitrogens is 1. The van der Waals surface area contributed by atoms with Gasteiger partial charge in [0.2, 0.25) is 5.91 Å². The van der Waals surface area contributed by atoms with Crippen molar-refractivity contribution in [3.63, 3.8) is 0 Å². The Morgan fingerprint density at radius 3 is 3.06 bits per heavy atom. The van der Waals surface area contributed by atoms with Crippen molar-refractivity contribution in [3.05, 3.63) is 30.1 Å². The standard InChI is InChI=1S/C12H17N3O.ClH/c16-12(11-5-1-2-7-14-11)15-9-10-4-3-6-13-8-10;/h3-4,6,8,11,14H,1-2,5,7,9H2,(H,15,16);1H. The molecule has 1 unspecified atom stereocenters. The second-order valence-corrected chi connectivity index (χ2v) is 4.08. The first-order valence-corrected chi connectivity index (χ1v) is 5.76. The number of hydrogen-bond acceptors (Lipinski definition) is 3. The fourth-order valence-corrected chi connectivity index (χ4v) is 1.89. The van der Waals surface area contributed by atoms with Crippen LogP contribution in [0.2, 0.25) is 0 Å². The number of nitrogens with zero attached hydrogens (tertiary/aromatic N) is 1. The van der Waals surface area contributed by atoms with E-state index in [1.165, 1.54) is 6.42 Å². The summed E-state index contributed by atoms with van der Waals surface area (Å²) in [4.78, 5) is 15.8. The van der Waals surface area contributed by atoms with Crippen molar-refractivity contribution in [3.8, 4) is 0 Å². The molecule has 1 amide bonds. The van der Waals surface area contributed by atoms with E-state index in [1.54, 1.807) is 12.4 Å². The lowest BCUT2D eigenvalue weighted by molar-refractivity contribution is -0.123. The zero-order valence-electron chi connectivity index (χ0n) is 9.69. The highest BCUT2D eigenvalue weighted by Crippen LogP contribution is 2.07. The zero-order valence-corrected chi connectivity index (χ0v) is 10.5. The minimum Gasteiger partial charge on any atom is -0.351 e. The van der Waals surface area contributed by atoms with Gasteiger partial charge in [-0.3, -0.25) is 9.78 Å². The molecule has 1 saturated heterocycles. The molecule has 1 fully saturated rings. The second-order valence-electron chi connectivity index (χ2n) is 4.08. The quantitative estimate of drug-likeness (QED) is 0.855. The fourth-order valence-electron chi connectivity index (χ4n) is 1.89. The van der Waals surface area contributed by atoms with Gasteiger partial charge in [-0.05, 0) is 31.0 Å². The Bertz CT molecular complexity index is 339. The van der Waals surface area contributed by atoms with Gasteiger partial charge in [0, 0.05) is 18.9 Å². The van der Waals surface area contributed by atoms with E-state index in [1.807, 2.05) is 12.1 Å². The van der Waals surface area contributed by atoms with Crippen LogP contribution in [0, 0.1) is 0 Å². The third-order valence-corrected chi connectivity index (χ3v) is 2.82. The molecule has 0 aromatic carbocycles. The number of pyridine rings is 1. The van der Waals surface area contributed by atoms with Crippen LogP contribution < -0.4 is 10.6 Å². The molecule has 1 aromatic heterocycles. The van der Waals surface area contributed by atoms with Crippen LogP contribution in [0.1, 0.15) is 24.8 Å². The number of amides is 1. The van der Waals surface area contributed by atoms with Crippen LogP contribution in [0.3, 0.4) is 0 Å². The van der Waals surface area contributed by atoms with E-state index in [9.17, 15) is 4.79 Å². The Morgan fingerprint density at radius 1 is 1.53 bits per heavy atom. The van der Waals surface area contributed by atoms with Gasteiger partial charge in [0.15, 0.2) is 0 Å². The highest BCUT2D eigenvalue weighted by Gasteiger charge is 2.19. The average Bonchev–Trinajstić information content (AvgIpc) is 2.38. The molecule has 1 aliphatic rings. The molecule has 1 aliphatic heterocycles. The molecule has 1 aromatic rings. The van der Waals surface area contributed by atoms with E-state index in [-0.39, 0.29) is 24.4 Å². The average molecular weight is 256 g/mol. The van der Waals surface area contributed by atoms with Gasteiger partial charge in [0.25, 0.3) is 0 Å². The van der Waals surface area contributed by atoms with Crippen molar-refractivity contribution < 1.29 is 4.79 Å². The molecule has 2 rings (SSSR count). The smallest absolute Gasteiger partial charge is 0.237 e. The molecular weight excluding hydrogens is 238 g/mol. The third-order valence-electron chi connectivity index (χ3n) is 2.82. The highest BCUT2D eigenvalue weighted by atomic mass is 35.5. The molecule has 0 aliphatic carbocycles. The Hall–Kier alpha value is -1.13. The number of carbonyl (C=O) groups is 1. The molecule has 94 valence electrons. The summed E-state index contributed by atoms with van der Waals surface area (Å²) >= 11 is 0. The molecule has 0 radical (unpaired) electrons. The molecule has 5 heteroatoms. The van der Waals surface area contributed by atoms with Crippen LogP contribution in [0.25, 0.3) is 0 Å². The summed E-state index contributed by atoms with van der Waals surface area (Å²) < 4.78 is 0. The van der Waals surface area contributed by atoms with Gasteiger partial charge < -0.3 is 10.6 Å². The van der Waals surface area contributed by atoms with Crippen LogP contribution >= 0.6 is 12.4 Å². The van der Waals surface area contributed by atoms with Gasteiger partial charge >= 0.3 is 0 Å². The van der Waals surface area contributed by atoms with Gasteiger partial charge in [-0.15, -0.1) is 12.4 Å². The maximum atomic E-state index is 11.8. The minimum atomic E-state index is -0.00887. The second kappa shape index (κ2) is 7.25. The molecule has 0 saturated carbocycles. The van der Waals surface area contributed by atoms with Crippen molar-refractivity contribution in [2.45, 2.75) is 31.8 Å². The summed E-state index contributed by atoms with van der Waals surface area (Å²) in [7, 11) is 0. The maximum absolute atomic E-state index is 11.8. The molecule has 0 bridgehead atoms. The summed E-state index contributed by atoms with van der Waals surface area (Å²) in [5.74, 6) is 0.101. The first-order chi connectivity index (χ1) is 7.86. The van der Waals surface area contributed by atoms with Crippen molar-refractivity contribution in [1.29, 1.82) is 0 Å². The van der Waals surface area contributed by atoms with Crippen LogP contribution in [0.15, 0.2) is 24.5 Å². The van der Waals surface area contributed by atoms with E-state index in [0.717, 1.165) is 24.9 Å². The third kappa shape index (κ3) is 4.32. The predicted octanol–water partition coefficient (Wildman–Crippen LogP) is 1.26. The predicted molar refractivity (Wildman–Crippen MR) is 69.0 cm³/mol. The molecular formula is C12H18ClN3O. The van der Waals surface area contributed by atoms with Crippen molar-refractivity contribution in [2.75, 3.05) is 6.54 Å². The molecule has 17 heavy (non-hydrogen) atoms. The molecule has 4 nitrogen and oxygen atoms in total. The molecule has 1 atom stereocenters. The van der Waals surface area contributed by atoms with E-state index in [0.29, 0.717) is 6.54 Å². The number of nitrogens with one attached hydrogen (secondary N) is 2. The molecule has 2 N–H and O–H groups in total. The molecule has 2 heterocycles. The normalized spacial score (nSPS) is 19.2. The Balaban J connectivity index is 0.00000144.